The summed E-state index contributed by atoms with van der Waals surface area (Å²) in [6.45, 7) is 0. The number of thiophene rings is 1. The molecule has 2 nitrogen and oxygen atoms in total. The molecule has 0 radical (unpaired) electrons. The quantitative estimate of drug-likeness (QED) is 0.746. The number of carbonyl (C=O) groups excluding carboxylic acids is 1. The van der Waals surface area contributed by atoms with Crippen molar-refractivity contribution in [1.82, 2.24) is 0 Å². The van der Waals surface area contributed by atoms with Crippen molar-refractivity contribution in [1.29, 1.82) is 0 Å². The molecular formula is C13H9NOS. The van der Waals surface area contributed by atoms with Crippen molar-refractivity contribution < 1.29 is 4.79 Å². The van der Waals surface area contributed by atoms with Crippen LogP contribution in [0.3, 0.4) is 0 Å². The molecule has 16 heavy (non-hydrogen) atoms. The van der Waals surface area contributed by atoms with Gasteiger partial charge >= 0.3 is 0 Å². The highest BCUT2D eigenvalue weighted by molar-refractivity contribution is 7.08. The first kappa shape index (κ1) is 10.5. The Morgan fingerprint density at radius 3 is 2.69 bits per heavy atom. The maximum atomic E-state index is 11.1. The van der Waals surface area contributed by atoms with E-state index in [4.69, 9.17) is 5.73 Å². The van der Waals surface area contributed by atoms with E-state index in [0.717, 1.165) is 5.56 Å². The Balaban J connectivity index is 2.38. The van der Waals surface area contributed by atoms with Gasteiger partial charge in [-0.15, -0.1) is 0 Å². The molecule has 0 fully saturated rings. The van der Waals surface area contributed by atoms with Crippen LogP contribution >= 0.6 is 11.3 Å². The summed E-state index contributed by atoms with van der Waals surface area (Å²) in [6.07, 6.45) is 0. The summed E-state index contributed by atoms with van der Waals surface area (Å²) in [4.78, 5) is 11.1. The lowest BCUT2D eigenvalue weighted by Crippen LogP contribution is -2.12. The van der Waals surface area contributed by atoms with E-state index in [9.17, 15) is 4.79 Å². The Kier molecular flexibility index (Phi) is 3.04. The Morgan fingerprint density at radius 1 is 1.19 bits per heavy atom. The van der Waals surface area contributed by atoms with Crippen LogP contribution < -0.4 is 5.73 Å². The average molecular weight is 227 g/mol. The standard InChI is InChI=1S/C13H9NOS/c14-13(15)12-4-2-1-3-11(12)6-5-10-7-8-16-9-10/h1-4,7-9H,(H2,14,15). The van der Waals surface area contributed by atoms with Crippen molar-refractivity contribution in [2.45, 2.75) is 0 Å². The van der Waals surface area contributed by atoms with E-state index in [2.05, 4.69) is 11.8 Å². The zero-order valence-electron chi connectivity index (χ0n) is 8.44. The van der Waals surface area contributed by atoms with Gasteiger partial charge in [-0.1, -0.05) is 24.0 Å². The number of hydrogen-bond acceptors (Lipinski definition) is 2. The Labute approximate surface area is 97.7 Å². The molecule has 2 aromatic rings. The van der Waals surface area contributed by atoms with E-state index in [0.29, 0.717) is 11.1 Å². The van der Waals surface area contributed by atoms with Gasteiger partial charge < -0.3 is 5.73 Å². The first-order valence-corrected chi connectivity index (χ1v) is 5.65. The van der Waals surface area contributed by atoms with Crippen molar-refractivity contribution in [3.8, 4) is 11.8 Å². The monoisotopic (exact) mass is 227 g/mol. The van der Waals surface area contributed by atoms with Gasteiger partial charge in [-0.2, -0.15) is 11.3 Å². The molecule has 2 N–H and O–H groups in total. The van der Waals surface area contributed by atoms with Gasteiger partial charge in [-0.05, 0) is 23.6 Å². The molecule has 3 heteroatoms. The minimum absolute atomic E-state index is 0.449. The fraction of sp³-hybridized carbons (Fsp3) is 0. The van der Waals surface area contributed by atoms with Crippen LogP contribution in [0.4, 0.5) is 0 Å². The third kappa shape index (κ3) is 2.30. The average Bonchev–Trinajstić information content (AvgIpc) is 2.79. The zero-order chi connectivity index (χ0) is 11.4. The predicted octanol–water partition coefficient (Wildman–Crippen LogP) is 2.25. The van der Waals surface area contributed by atoms with Gasteiger partial charge in [0.25, 0.3) is 0 Å². The van der Waals surface area contributed by atoms with Gasteiger partial charge in [0.2, 0.25) is 5.91 Å². The van der Waals surface area contributed by atoms with Gasteiger partial charge in [-0.3, -0.25) is 4.79 Å². The molecule has 1 aromatic carbocycles. The molecule has 0 aliphatic heterocycles. The molecule has 0 aliphatic rings. The molecule has 0 spiro atoms. The van der Waals surface area contributed by atoms with E-state index in [1.807, 2.05) is 22.9 Å². The molecule has 0 atom stereocenters. The third-order valence-electron chi connectivity index (χ3n) is 2.06. The second kappa shape index (κ2) is 4.65. The van der Waals surface area contributed by atoms with Crippen LogP contribution in [-0.4, -0.2) is 5.91 Å². The Hall–Kier alpha value is -2.05. The lowest BCUT2D eigenvalue weighted by atomic mass is 10.1. The fourth-order valence-electron chi connectivity index (χ4n) is 1.28. The molecule has 0 unspecified atom stereocenters. The second-order valence-corrected chi connectivity index (χ2v) is 3.95. The molecule has 0 aliphatic carbocycles. The van der Waals surface area contributed by atoms with Crippen molar-refractivity contribution >= 4 is 17.2 Å². The van der Waals surface area contributed by atoms with Gasteiger partial charge in [0.1, 0.15) is 0 Å². The van der Waals surface area contributed by atoms with Crippen LogP contribution in [-0.2, 0) is 0 Å². The number of primary amides is 1. The first-order valence-electron chi connectivity index (χ1n) is 4.70. The van der Waals surface area contributed by atoms with Crippen molar-refractivity contribution in [3.63, 3.8) is 0 Å². The van der Waals surface area contributed by atoms with Crippen LogP contribution in [0, 0.1) is 11.8 Å². The smallest absolute Gasteiger partial charge is 0.249 e. The predicted molar refractivity (Wildman–Crippen MR) is 65.3 cm³/mol. The number of amides is 1. The fourth-order valence-corrected chi connectivity index (χ4v) is 1.87. The maximum Gasteiger partial charge on any atom is 0.249 e. The minimum atomic E-state index is -0.449. The maximum absolute atomic E-state index is 11.1. The van der Waals surface area contributed by atoms with E-state index in [-0.39, 0.29) is 0 Å². The zero-order valence-corrected chi connectivity index (χ0v) is 9.25. The molecular weight excluding hydrogens is 218 g/mol. The topological polar surface area (TPSA) is 43.1 Å². The van der Waals surface area contributed by atoms with Gasteiger partial charge in [0.05, 0.1) is 5.56 Å². The molecule has 2 rings (SSSR count). The van der Waals surface area contributed by atoms with Gasteiger partial charge in [-0.25, -0.2) is 0 Å². The Morgan fingerprint density at radius 2 is 2.00 bits per heavy atom. The van der Waals surface area contributed by atoms with E-state index < -0.39 is 5.91 Å². The van der Waals surface area contributed by atoms with Gasteiger partial charge in [0.15, 0.2) is 0 Å². The highest BCUT2D eigenvalue weighted by atomic mass is 32.1. The molecule has 78 valence electrons. The largest absolute Gasteiger partial charge is 0.366 e. The lowest BCUT2D eigenvalue weighted by molar-refractivity contribution is 0.1000. The summed E-state index contributed by atoms with van der Waals surface area (Å²) >= 11 is 1.59. The van der Waals surface area contributed by atoms with Crippen molar-refractivity contribution in [3.05, 3.63) is 57.8 Å². The van der Waals surface area contributed by atoms with Crippen LogP contribution in [0.2, 0.25) is 0 Å². The summed E-state index contributed by atoms with van der Waals surface area (Å²) in [7, 11) is 0. The lowest BCUT2D eigenvalue weighted by Gasteiger charge is -1.97. The van der Waals surface area contributed by atoms with E-state index >= 15 is 0 Å². The van der Waals surface area contributed by atoms with Crippen molar-refractivity contribution in [2.24, 2.45) is 5.73 Å². The Bertz CT molecular complexity index is 561. The SMILES string of the molecule is NC(=O)c1ccccc1C#Cc1ccsc1. The second-order valence-electron chi connectivity index (χ2n) is 3.17. The minimum Gasteiger partial charge on any atom is -0.366 e. The molecule has 1 aromatic heterocycles. The highest BCUT2D eigenvalue weighted by Crippen LogP contribution is 2.08. The number of hydrogen-bond donors (Lipinski definition) is 1. The molecule has 1 heterocycles. The number of rotatable bonds is 1. The normalized spacial score (nSPS) is 9.25. The highest BCUT2D eigenvalue weighted by Gasteiger charge is 2.03. The third-order valence-corrected chi connectivity index (χ3v) is 2.74. The number of carbonyl (C=O) groups is 1. The van der Waals surface area contributed by atoms with Crippen LogP contribution in [0.25, 0.3) is 0 Å². The van der Waals surface area contributed by atoms with E-state index in [1.54, 1.807) is 29.5 Å². The number of nitrogens with two attached hydrogens (primary N) is 1. The molecule has 0 bridgehead atoms. The summed E-state index contributed by atoms with van der Waals surface area (Å²) < 4.78 is 0. The van der Waals surface area contributed by atoms with E-state index in [1.165, 1.54) is 0 Å². The summed E-state index contributed by atoms with van der Waals surface area (Å²) in [5.74, 6) is 5.49. The molecule has 0 saturated carbocycles. The van der Waals surface area contributed by atoms with Crippen molar-refractivity contribution in [2.75, 3.05) is 0 Å². The van der Waals surface area contributed by atoms with Crippen LogP contribution in [0.5, 0.6) is 0 Å². The van der Waals surface area contributed by atoms with Gasteiger partial charge in [0, 0.05) is 16.5 Å². The molecule has 0 saturated heterocycles. The van der Waals surface area contributed by atoms with Crippen LogP contribution in [0.1, 0.15) is 21.5 Å². The summed E-state index contributed by atoms with van der Waals surface area (Å²) in [6, 6.07) is 9.02. The number of benzene rings is 1. The first-order chi connectivity index (χ1) is 7.77. The molecule has 1 amide bonds. The summed E-state index contributed by atoms with van der Waals surface area (Å²) in [5, 5.41) is 3.92. The summed E-state index contributed by atoms with van der Waals surface area (Å²) in [5.41, 5.74) is 7.34. The van der Waals surface area contributed by atoms with Crippen LogP contribution in [0.15, 0.2) is 41.1 Å².